The van der Waals surface area contributed by atoms with Crippen molar-refractivity contribution in [2.75, 3.05) is 17.2 Å². The van der Waals surface area contributed by atoms with Crippen LogP contribution < -0.4 is 10.6 Å². The summed E-state index contributed by atoms with van der Waals surface area (Å²) in [5.41, 5.74) is 3.33. The number of benzene rings is 2. The SMILES string of the molecule is CCc1nc(NCCc2c(C)[nH]c3c(F)ccc(C)c23)cc(NCc2cccc(C(F)(F)F)c2)n1. The Hall–Kier alpha value is -3.62. The van der Waals surface area contributed by atoms with E-state index in [4.69, 9.17) is 0 Å². The molecule has 2 aromatic carbocycles. The van der Waals surface area contributed by atoms with Crippen molar-refractivity contribution in [3.8, 4) is 0 Å². The number of hydrogen-bond acceptors (Lipinski definition) is 4. The van der Waals surface area contributed by atoms with Gasteiger partial charge in [0.2, 0.25) is 0 Å². The fourth-order valence-electron chi connectivity index (χ4n) is 4.16. The Kier molecular flexibility index (Phi) is 6.95. The molecule has 5 nitrogen and oxygen atoms in total. The molecule has 0 saturated heterocycles. The summed E-state index contributed by atoms with van der Waals surface area (Å²) in [7, 11) is 0. The van der Waals surface area contributed by atoms with E-state index in [2.05, 4.69) is 25.6 Å². The number of H-pyrrole nitrogens is 1. The van der Waals surface area contributed by atoms with Crippen LogP contribution in [0.1, 0.15) is 40.7 Å². The number of aromatic nitrogens is 3. The number of nitrogens with one attached hydrogen (secondary N) is 3. The zero-order valence-corrected chi connectivity index (χ0v) is 19.8. The van der Waals surface area contributed by atoms with Crippen LogP contribution in [-0.4, -0.2) is 21.5 Å². The highest BCUT2D eigenvalue weighted by atomic mass is 19.4. The van der Waals surface area contributed by atoms with Gasteiger partial charge in [-0.3, -0.25) is 0 Å². The van der Waals surface area contributed by atoms with Crippen LogP contribution in [0.2, 0.25) is 0 Å². The minimum Gasteiger partial charge on any atom is -0.370 e. The van der Waals surface area contributed by atoms with Crippen LogP contribution in [0, 0.1) is 19.7 Å². The lowest BCUT2D eigenvalue weighted by atomic mass is 10.0. The molecule has 0 aliphatic rings. The summed E-state index contributed by atoms with van der Waals surface area (Å²) in [4.78, 5) is 12.1. The molecule has 2 aromatic heterocycles. The quantitative estimate of drug-likeness (QED) is 0.247. The summed E-state index contributed by atoms with van der Waals surface area (Å²) in [5.74, 6) is 1.48. The van der Waals surface area contributed by atoms with Gasteiger partial charge in [0.1, 0.15) is 23.3 Å². The Balaban J connectivity index is 1.46. The fraction of sp³-hybridized carbons (Fsp3) is 0.308. The van der Waals surface area contributed by atoms with E-state index < -0.39 is 11.7 Å². The second-order valence-corrected chi connectivity index (χ2v) is 8.48. The number of nitrogens with zero attached hydrogens (tertiary/aromatic N) is 2. The van der Waals surface area contributed by atoms with Crippen molar-refractivity contribution >= 4 is 22.5 Å². The average Bonchev–Trinajstić information content (AvgIpc) is 3.17. The minimum absolute atomic E-state index is 0.197. The molecule has 0 aliphatic carbocycles. The van der Waals surface area contributed by atoms with Crippen LogP contribution in [0.4, 0.5) is 29.2 Å². The molecule has 2 heterocycles. The second-order valence-electron chi connectivity index (χ2n) is 8.48. The van der Waals surface area contributed by atoms with E-state index in [0.29, 0.717) is 47.9 Å². The summed E-state index contributed by atoms with van der Waals surface area (Å²) in [6.45, 7) is 6.60. The zero-order valence-electron chi connectivity index (χ0n) is 19.8. The number of alkyl halides is 3. The monoisotopic (exact) mass is 485 g/mol. The maximum Gasteiger partial charge on any atom is 0.416 e. The molecule has 0 atom stereocenters. The number of aromatic amines is 1. The highest BCUT2D eigenvalue weighted by molar-refractivity contribution is 5.88. The number of aryl methyl sites for hydroxylation is 3. The third kappa shape index (κ3) is 5.55. The number of hydrogen-bond donors (Lipinski definition) is 3. The van der Waals surface area contributed by atoms with Gasteiger partial charge in [0.05, 0.1) is 11.1 Å². The third-order valence-electron chi connectivity index (χ3n) is 5.93. The molecule has 184 valence electrons. The Morgan fingerprint density at radius 1 is 0.971 bits per heavy atom. The van der Waals surface area contributed by atoms with E-state index in [0.717, 1.165) is 34.3 Å². The van der Waals surface area contributed by atoms with E-state index >= 15 is 0 Å². The third-order valence-corrected chi connectivity index (χ3v) is 5.93. The first-order valence-electron chi connectivity index (χ1n) is 11.4. The largest absolute Gasteiger partial charge is 0.416 e. The van der Waals surface area contributed by atoms with Gasteiger partial charge in [-0.1, -0.05) is 25.1 Å². The van der Waals surface area contributed by atoms with Gasteiger partial charge in [0.15, 0.2) is 0 Å². The molecular formula is C26H27F4N5. The molecule has 4 rings (SSSR count). The number of fused-ring (bicyclic) bond motifs is 1. The molecule has 0 radical (unpaired) electrons. The second kappa shape index (κ2) is 9.93. The number of anilines is 2. The standard InChI is InChI=1S/C26H27F4N5/c1-4-21-34-22(13-23(35-21)32-14-17-6-5-7-18(12-17)26(28,29)30)31-11-10-19-16(3)33-25-20(27)9-8-15(2)24(19)25/h5-9,12-13,33H,4,10-11,14H2,1-3H3,(H2,31,32,34,35). The maximum absolute atomic E-state index is 14.2. The first kappa shape index (κ1) is 24.5. The molecule has 9 heteroatoms. The first-order chi connectivity index (χ1) is 16.7. The zero-order chi connectivity index (χ0) is 25.2. The molecule has 0 fully saturated rings. The van der Waals surface area contributed by atoms with E-state index in [-0.39, 0.29) is 12.4 Å². The van der Waals surface area contributed by atoms with Crippen molar-refractivity contribution < 1.29 is 17.6 Å². The molecule has 35 heavy (non-hydrogen) atoms. The lowest BCUT2D eigenvalue weighted by Gasteiger charge is -2.12. The molecule has 0 spiro atoms. The maximum atomic E-state index is 14.2. The topological polar surface area (TPSA) is 65.6 Å². The van der Waals surface area contributed by atoms with E-state index in [1.165, 1.54) is 12.1 Å². The van der Waals surface area contributed by atoms with Crippen LogP contribution >= 0.6 is 0 Å². The normalized spacial score (nSPS) is 11.7. The highest BCUT2D eigenvalue weighted by Gasteiger charge is 2.30. The minimum atomic E-state index is -4.38. The summed E-state index contributed by atoms with van der Waals surface area (Å²) in [6.07, 6.45) is -3.12. The molecular weight excluding hydrogens is 458 g/mol. The van der Waals surface area contributed by atoms with Crippen LogP contribution in [-0.2, 0) is 25.6 Å². The van der Waals surface area contributed by atoms with Gasteiger partial charge in [-0.25, -0.2) is 14.4 Å². The van der Waals surface area contributed by atoms with E-state index in [9.17, 15) is 17.6 Å². The van der Waals surface area contributed by atoms with Crippen molar-refractivity contribution in [3.63, 3.8) is 0 Å². The lowest BCUT2D eigenvalue weighted by Crippen LogP contribution is -2.11. The summed E-state index contributed by atoms with van der Waals surface area (Å²) in [5, 5.41) is 7.31. The van der Waals surface area contributed by atoms with Crippen molar-refractivity contribution in [3.05, 3.63) is 82.1 Å². The van der Waals surface area contributed by atoms with Crippen molar-refractivity contribution in [1.82, 2.24) is 15.0 Å². The van der Waals surface area contributed by atoms with Gasteiger partial charge in [-0.15, -0.1) is 0 Å². The highest BCUT2D eigenvalue weighted by Crippen LogP contribution is 2.30. The van der Waals surface area contributed by atoms with E-state index in [1.54, 1.807) is 18.2 Å². The molecule has 3 N–H and O–H groups in total. The van der Waals surface area contributed by atoms with Gasteiger partial charge in [-0.2, -0.15) is 13.2 Å². The van der Waals surface area contributed by atoms with Crippen LogP contribution in [0.25, 0.3) is 10.9 Å². The Morgan fingerprint density at radius 2 is 1.71 bits per heavy atom. The van der Waals surface area contributed by atoms with Crippen molar-refractivity contribution in [1.29, 1.82) is 0 Å². The fourth-order valence-corrected chi connectivity index (χ4v) is 4.16. The molecule has 0 amide bonds. The predicted molar refractivity (Wildman–Crippen MR) is 130 cm³/mol. The van der Waals surface area contributed by atoms with Gasteiger partial charge in [0.25, 0.3) is 0 Å². The average molecular weight is 486 g/mol. The van der Waals surface area contributed by atoms with Gasteiger partial charge in [0, 0.05) is 36.7 Å². The van der Waals surface area contributed by atoms with Gasteiger partial charge >= 0.3 is 6.18 Å². The molecule has 0 aliphatic heterocycles. The van der Waals surface area contributed by atoms with E-state index in [1.807, 2.05) is 20.8 Å². The van der Waals surface area contributed by atoms with Gasteiger partial charge in [-0.05, 0) is 55.2 Å². The van der Waals surface area contributed by atoms with Crippen molar-refractivity contribution in [2.45, 2.75) is 46.3 Å². The molecule has 0 bridgehead atoms. The smallest absolute Gasteiger partial charge is 0.370 e. The van der Waals surface area contributed by atoms with Crippen molar-refractivity contribution in [2.24, 2.45) is 0 Å². The van der Waals surface area contributed by atoms with Crippen LogP contribution in [0.3, 0.4) is 0 Å². The Bertz CT molecular complexity index is 1340. The first-order valence-corrected chi connectivity index (χ1v) is 11.4. The Labute approximate surface area is 201 Å². The number of rotatable bonds is 8. The predicted octanol–water partition coefficient (Wildman–Crippen LogP) is 6.56. The Morgan fingerprint density at radius 3 is 2.43 bits per heavy atom. The number of halogens is 4. The lowest BCUT2D eigenvalue weighted by molar-refractivity contribution is -0.137. The molecule has 0 saturated carbocycles. The van der Waals surface area contributed by atoms with Crippen LogP contribution in [0.15, 0.2) is 42.5 Å². The van der Waals surface area contributed by atoms with Gasteiger partial charge < -0.3 is 15.6 Å². The molecule has 0 unspecified atom stereocenters. The molecule has 4 aromatic rings. The summed E-state index contributed by atoms with van der Waals surface area (Å²) in [6, 6.07) is 10.2. The summed E-state index contributed by atoms with van der Waals surface area (Å²) >= 11 is 0. The van der Waals surface area contributed by atoms with Crippen LogP contribution in [0.5, 0.6) is 0 Å². The summed E-state index contributed by atoms with van der Waals surface area (Å²) < 4.78 is 53.2.